The predicted molar refractivity (Wildman–Crippen MR) is 121 cm³/mol. The molecule has 0 radical (unpaired) electrons. The summed E-state index contributed by atoms with van der Waals surface area (Å²) in [6.07, 6.45) is 0. The van der Waals surface area contributed by atoms with Gasteiger partial charge in [-0.3, -0.25) is 0 Å². The molecule has 0 atom stereocenters. The van der Waals surface area contributed by atoms with Crippen molar-refractivity contribution in [3.05, 3.63) is 83.6 Å². The molecule has 1 aliphatic carbocycles. The van der Waals surface area contributed by atoms with E-state index in [4.69, 9.17) is 9.72 Å². The van der Waals surface area contributed by atoms with E-state index in [1.54, 1.807) is 0 Å². The molecule has 0 saturated heterocycles. The van der Waals surface area contributed by atoms with Gasteiger partial charge in [-0.1, -0.05) is 74.0 Å². The zero-order valence-corrected chi connectivity index (χ0v) is 17.4. The summed E-state index contributed by atoms with van der Waals surface area (Å²) in [6, 6.07) is 24.0. The summed E-state index contributed by atoms with van der Waals surface area (Å²) in [5.41, 5.74) is 8.57. The van der Waals surface area contributed by atoms with E-state index in [0.29, 0.717) is 6.61 Å². The third-order valence-electron chi connectivity index (χ3n) is 6.07. The molecule has 0 spiro atoms. The van der Waals surface area contributed by atoms with Crippen molar-refractivity contribution in [2.75, 3.05) is 6.61 Å². The van der Waals surface area contributed by atoms with E-state index in [2.05, 4.69) is 87.5 Å². The first-order chi connectivity index (χ1) is 14.0. The molecule has 0 N–H and O–H groups in total. The van der Waals surface area contributed by atoms with Crippen LogP contribution in [0.3, 0.4) is 0 Å². The van der Waals surface area contributed by atoms with Gasteiger partial charge in [0.1, 0.15) is 0 Å². The Morgan fingerprint density at radius 3 is 2.41 bits per heavy atom. The van der Waals surface area contributed by atoms with Crippen LogP contribution < -0.4 is 4.74 Å². The topological polar surface area (TPSA) is 22.1 Å². The lowest BCUT2D eigenvalue weighted by atomic mass is 9.84. The van der Waals surface area contributed by atoms with Crippen molar-refractivity contribution in [3.63, 3.8) is 0 Å². The van der Waals surface area contributed by atoms with E-state index in [1.165, 1.54) is 38.8 Å². The largest absolute Gasteiger partial charge is 0.478 e. The van der Waals surface area contributed by atoms with Gasteiger partial charge in [0.05, 0.1) is 12.3 Å². The lowest BCUT2D eigenvalue weighted by Crippen LogP contribution is -2.17. The van der Waals surface area contributed by atoms with Crippen molar-refractivity contribution in [1.82, 2.24) is 4.98 Å². The SMILES string of the molecule is CCOc1nc2c(c3cc(-c4ccccc4)ccc13)-c1ccc(C)cc1C2(C)C. The summed E-state index contributed by atoms with van der Waals surface area (Å²) >= 11 is 0. The second-order valence-corrected chi connectivity index (χ2v) is 8.37. The number of hydrogen-bond donors (Lipinski definition) is 0. The number of hydrogen-bond acceptors (Lipinski definition) is 2. The van der Waals surface area contributed by atoms with Gasteiger partial charge in [0.25, 0.3) is 0 Å². The molecule has 3 aromatic carbocycles. The third-order valence-corrected chi connectivity index (χ3v) is 6.07. The van der Waals surface area contributed by atoms with Crippen LogP contribution in [0.2, 0.25) is 0 Å². The summed E-state index contributed by atoms with van der Waals surface area (Å²) in [5.74, 6) is 0.735. The van der Waals surface area contributed by atoms with Crippen molar-refractivity contribution in [2.24, 2.45) is 0 Å². The maximum atomic E-state index is 5.99. The quantitative estimate of drug-likeness (QED) is 0.385. The number of aromatic nitrogens is 1. The highest BCUT2D eigenvalue weighted by atomic mass is 16.5. The van der Waals surface area contributed by atoms with Crippen LogP contribution in [0, 0.1) is 6.92 Å². The Bertz CT molecular complexity index is 1240. The highest BCUT2D eigenvalue weighted by Gasteiger charge is 2.39. The third kappa shape index (κ3) is 2.66. The standard InChI is InChI=1S/C27H25NO/c1-5-29-26-20-14-12-19(18-9-7-6-8-10-18)16-22(20)24-21-13-11-17(2)15-23(21)27(3,4)25(24)28-26/h6-16H,5H2,1-4H3. The van der Waals surface area contributed by atoms with Crippen molar-refractivity contribution in [3.8, 4) is 28.1 Å². The van der Waals surface area contributed by atoms with Crippen LogP contribution in [0.4, 0.5) is 0 Å². The van der Waals surface area contributed by atoms with Gasteiger partial charge in [0.15, 0.2) is 0 Å². The monoisotopic (exact) mass is 379 g/mol. The van der Waals surface area contributed by atoms with E-state index in [0.717, 1.165) is 17.0 Å². The second kappa shape index (κ2) is 6.45. The molecule has 1 heterocycles. The normalized spacial score (nSPS) is 13.9. The van der Waals surface area contributed by atoms with Gasteiger partial charge in [-0.15, -0.1) is 0 Å². The van der Waals surface area contributed by atoms with Crippen molar-refractivity contribution in [2.45, 2.75) is 33.1 Å². The fourth-order valence-corrected chi connectivity index (χ4v) is 4.59. The Morgan fingerprint density at radius 2 is 1.66 bits per heavy atom. The predicted octanol–water partition coefficient (Wildman–Crippen LogP) is 6.92. The molecule has 1 aromatic heterocycles. The van der Waals surface area contributed by atoms with Gasteiger partial charge in [0, 0.05) is 16.4 Å². The van der Waals surface area contributed by atoms with Crippen molar-refractivity contribution in [1.29, 1.82) is 0 Å². The number of pyridine rings is 1. The average Bonchev–Trinajstić information content (AvgIpc) is 2.95. The molecular weight excluding hydrogens is 354 g/mol. The molecule has 2 heteroatoms. The summed E-state index contributed by atoms with van der Waals surface area (Å²) in [6.45, 7) is 9.32. The fraction of sp³-hybridized carbons (Fsp3) is 0.222. The maximum absolute atomic E-state index is 5.99. The molecule has 1 aliphatic rings. The van der Waals surface area contributed by atoms with Gasteiger partial charge in [0.2, 0.25) is 5.88 Å². The molecule has 0 fully saturated rings. The zero-order valence-electron chi connectivity index (χ0n) is 17.4. The lowest BCUT2D eigenvalue weighted by molar-refractivity contribution is 0.329. The lowest BCUT2D eigenvalue weighted by Gasteiger charge is -2.21. The Balaban J connectivity index is 1.88. The molecule has 29 heavy (non-hydrogen) atoms. The molecule has 0 bridgehead atoms. The van der Waals surface area contributed by atoms with Crippen LogP contribution in [0.5, 0.6) is 5.88 Å². The highest BCUT2D eigenvalue weighted by molar-refractivity contribution is 6.05. The number of benzene rings is 3. The summed E-state index contributed by atoms with van der Waals surface area (Å²) in [7, 11) is 0. The first-order valence-corrected chi connectivity index (χ1v) is 10.3. The number of rotatable bonds is 3. The maximum Gasteiger partial charge on any atom is 0.221 e. The van der Waals surface area contributed by atoms with E-state index in [9.17, 15) is 0 Å². The summed E-state index contributed by atoms with van der Waals surface area (Å²) in [4.78, 5) is 5.05. The zero-order chi connectivity index (χ0) is 20.2. The van der Waals surface area contributed by atoms with Crippen LogP contribution in [-0.2, 0) is 5.41 Å². The van der Waals surface area contributed by atoms with Crippen molar-refractivity contribution >= 4 is 10.8 Å². The Morgan fingerprint density at radius 1 is 0.862 bits per heavy atom. The van der Waals surface area contributed by atoms with Crippen LogP contribution in [-0.4, -0.2) is 11.6 Å². The smallest absolute Gasteiger partial charge is 0.221 e. The number of nitrogens with zero attached hydrogens (tertiary/aromatic N) is 1. The van der Waals surface area contributed by atoms with Crippen LogP contribution in [0.15, 0.2) is 66.7 Å². The number of aryl methyl sites for hydroxylation is 1. The van der Waals surface area contributed by atoms with Crippen molar-refractivity contribution < 1.29 is 4.74 Å². The summed E-state index contributed by atoms with van der Waals surface area (Å²) in [5, 5.41) is 2.30. The molecule has 2 nitrogen and oxygen atoms in total. The average molecular weight is 380 g/mol. The molecule has 0 saturated carbocycles. The number of fused-ring (bicyclic) bond motifs is 5. The minimum absolute atomic E-state index is 0.153. The van der Waals surface area contributed by atoms with Gasteiger partial charge in [-0.2, -0.15) is 0 Å². The Kier molecular flexibility index (Phi) is 3.99. The van der Waals surface area contributed by atoms with Gasteiger partial charge < -0.3 is 4.74 Å². The molecule has 0 aliphatic heterocycles. The molecular formula is C27H25NO. The molecule has 0 unspecified atom stereocenters. The van der Waals surface area contributed by atoms with Crippen LogP contribution in [0.25, 0.3) is 33.0 Å². The molecule has 0 amide bonds. The minimum Gasteiger partial charge on any atom is -0.478 e. The van der Waals surface area contributed by atoms with Crippen LogP contribution >= 0.6 is 0 Å². The Hall–Kier alpha value is -3.13. The van der Waals surface area contributed by atoms with E-state index < -0.39 is 0 Å². The van der Waals surface area contributed by atoms with E-state index in [-0.39, 0.29) is 5.41 Å². The van der Waals surface area contributed by atoms with Gasteiger partial charge in [-0.05, 0) is 53.6 Å². The second-order valence-electron chi connectivity index (χ2n) is 8.37. The summed E-state index contributed by atoms with van der Waals surface area (Å²) < 4.78 is 5.99. The molecule has 144 valence electrons. The van der Waals surface area contributed by atoms with Gasteiger partial charge in [-0.25, -0.2) is 4.98 Å². The van der Waals surface area contributed by atoms with E-state index in [1.807, 2.05) is 6.92 Å². The molecule has 4 aromatic rings. The Labute approximate surface area is 172 Å². The first-order valence-electron chi connectivity index (χ1n) is 10.3. The fourth-order valence-electron chi connectivity index (χ4n) is 4.59. The van der Waals surface area contributed by atoms with E-state index >= 15 is 0 Å². The van der Waals surface area contributed by atoms with Crippen LogP contribution in [0.1, 0.15) is 37.6 Å². The van der Waals surface area contributed by atoms with Gasteiger partial charge >= 0.3 is 0 Å². The minimum atomic E-state index is -0.153. The molecule has 5 rings (SSSR count). The highest BCUT2D eigenvalue weighted by Crippen LogP contribution is 2.52. The number of ether oxygens (including phenoxy) is 1. The first kappa shape index (κ1) is 17.9.